The molecule has 0 saturated heterocycles. The lowest BCUT2D eigenvalue weighted by atomic mass is 10.2. The van der Waals surface area contributed by atoms with Gasteiger partial charge in [0.25, 0.3) is 0 Å². The van der Waals surface area contributed by atoms with E-state index in [0.717, 1.165) is 0 Å². The Hall–Kier alpha value is -1.42. The van der Waals surface area contributed by atoms with Crippen LogP contribution in [0.1, 0.15) is 12.0 Å². The molecule has 1 aromatic rings. The lowest BCUT2D eigenvalue weighted by molar-refractivity contribution is -0.144. The summed E-state index contributed by atoms with van der Waals surface area (Å²) in [6.45, 7) is 0.561. The number of ether oxygens (including phenoxy) is 1. The maximum atomic E-state index is 13.1. The fourth-order valence-electron chi connectivity index (χ4n) is 1.07. The molecule has 0 aliphatic heterocycles. The number of halogens is 1. The molecule has 0 aromatic heterocycles. The minimum absolute atomic E-state index is 0.00474. The summed E-state index contributed by atoms with van der Waals surface area (Å²) in [6, 6.07) is 6.25. The van der Waals surface area contributed by atoms with Crippen LogP contribution >= 0.6 is 0 Å². The van der Waals surface area contributed by atoms with E-state index in [1.807, 2.05) is 0 Å². The zero-order valence-electron chi connectivity index (χ0n) is 8.63. The average molecular weight is 211 g/mol. The van der Waals surface area contributed by atoms with Crippen LogP contribution < -0.4 is 5.32 Å². The second-order valence-electron chi connectivity index (χ2n) is 3.11. The van der Waals surface area contributed by atoms with E-state index in [9.17, 15) is 9.18 Å². The highest BCUT2D eigenvalue weighted by Crippen LogP contribution is 2.07. The number of hydrogen-bond donors (Lipinski definition) is 1. The SMILES string of the molecule is CNCCC(=O)OCc1ccccc1F. The Morgan fingerprint density at radius 1 is 1.47 bits per heavy atom. The minimum Gasteiger partial charge on any atom is -0.461 e. The predicted molar refractivity (Wildman–Crippen MR) is 54.7 cm³/mol. The van der Waals surface area contributed by atoms with E-state index in [2.05, 4.69) is 5.32 Å². The van der Waals surface area contributed by atoms with Gasteiger partial charge < -0.3 is 10.1 Å². The van der Waals surface area contributed by atoms with Crippen molar-refractivity contribution in [2.24, 2.45) is 0 Å². The molecular weight excluding hydrogens is 197 g/mol. The van der Waals surface area contributed by atoms with E-state index < -0.39 is 0 Å². The van der Waals surface area contributed by atoms with Gasteiger partial charge in [0.1, 0.15) is 12.4 Å². The van der Waals surface area contributed by atoms with Gasteiger partial charge in [0.2, 0.25) is 0 Å². The first-order valence-corrected chi connectivity index (χ1v) is 4.77. The molecule has 1 rings (SSSR count). The van der Waals surface area contributed by atoms with Crippen LogP contribution in [0.25, 0.3) is 0 Å². The summed E-state index contributed by atoms with van der Waals surface area (Å²) in [7, 11) is 1.75. The third-order valence-electron chi connectivity index (χ3n) is 1.93. The molecule has 3 nitrogen and oxygen atoms in total. The maximum Gasteiger partial charge on any atom is 0.307 e. The van der Waals surface area contributed by atoms with Crippen LogP contribution in [0.4, 0.5) is 4.39 Å². The molecule has 0 amide bonds. The van der Waals surface area contributed by atoms with Crippen LogP contribution in [0.15, 0.2) is 24.3 Å². The highest BCUT2D eigenvalue weighted by molar-refractivity contribution is 5.69. The molecule has 4 heteroatoms. The highest BCUT2D eigenvalue weighted by atomic mass is 19.1. The van der Waals surface area contributed by atoms with E-state index >= 15 is 0 Å². The highest BCUT2D eigenvalue weighted by Gasteiger charge is 2.05. The summed E-state index contributed by atoms with van der Waals surface area (Å²) in [5, 5.41) is 2.83. The van der Waals surface area contributed by atoms with E-state index in [1.165, 1.54) is 6.07 Å². The Kier molecular flexibility index (Phi) is 4.77. The Bertz CT molecular complexity index is 328. The normalized spacial score (nSPS) is 10.0. The molecule has 0 aliphatic carbocycles. The van der Waals surface area contributed by atoms with E-state index in [4.69, 9.17) is 4.74 Å². The van der Waals surface area contributed by atoms with Crippen molar-refractivity contribution >= 4 is 5.97 Å². The third-order valence-corrected chi connectivity index (χ3v) is 1.93. The summed E-state index contributed by atoms with van der Waals surface area (Å²) in [5.41, 5.74) is 0.398. The first-order valence-electron chi connectivity index (χ1n) is 4.77. The van der Waals surface area contributed by atoms with Crippen molar-refractivity contribution in [3.05, 3.63) is 35.6 Å². The number of rotatable bonds is 5. The van der Waals surface area contributed by atoms with Crippen molar-refractivity contribution in [3.63, 3.8) is 0 Å². The maximum absolute atomic E-state index is 13.1. The standard InChI is InChI=1S/C11H14FNO2/c1-13-7-6-11(14)15-8-9-4-2-3-5-10(9)12/h2-5,13H,6-8H2,1H3. The number of esters is 1. The van der Waals surface area contributed by atoms with Crippen LogP contribution in [-0.2, 0) is 16.1 Å². The summed E-state index contributed by atoms with van der Waals surface area (Å²) < 4.78 is 18.0. The van der Waals surface area contributed by atoms with Crippen LogP contribution in [0, 0.1) is 5.82 Å². The largest absolute Gasteiger partial charge is 0.461 e. The number of hydrogen-bond acceptors (Lipinski definition) is 3. The van der Waals surface area contributed by atoms with Gasteiger partial charge in [-0.15, -0.1) is 0 Å². The molecule has 82 valence electrons. The van der Waals surface area contributed by atoms with Crippen LogP contribution in [0.3, 0.4) is 0 Å². The molecule has 0 bridgehead atoms. The molecule has 0 fully saturated rings. The second-order valence-corrected chi connectivity index (χ2v) is 3.11. The molecule has 0 unspecified atom stereocenters. The van der Waals surface area contributed by atoms with Crippen LogP contribution in [0.2, 0.25) is 0 Å². The Labute approximate surface area is 88.2 Å². The van der Waals surface area contributed by atoms with Crippen molar-refractivity contribution in [1.82, 2.24) is 5.32 Å². The Morgan fingerprint density at radius 2 is 2.20 bits per heavy atom. The van der Waals surface area contributed by atoms with Crippen molar-refractivity contribution in [3.8, 4) is 0 Å². The third kappa shape index (κ3) is 4.08. The van der Waals surface area contributed by atoms with E-state index in [1.54, 1.807) is 25.2 Å². The number of benzene rings is 1. The zero-order valence-corrected chi connectivity index (χ0v) is 8.63. The monoisotopic (exact) mass is 211 g/mol. The van der Waals surface area contributed by atoms with Gasteiger partial charge in [-0.3, -0.25) is 4.79 Å². The van der Waals surface area contributed by atoms with Crippen molar-refractivity contribution < 1.29 is 13.9 Å². The Balaban J connectivity index is 2.37. The molecule has 1 aromatic carbocycles. The molecule has 0 saturated carbocycles. The second kappa shape index (κ2) is 6.14. The van der Waals surface area contributed by atoms with Gasteiger partial charge in [-0.25, -0.2) is 4.39 Å². The smallest absolute Gasteiger partial charge is 0.307 e. The first-order chi connectivity index (χ1) is 7.24. The van der Waals surface area contributed by atoms with Gasteiger partial charge in [0.05, 0.1) is 6.42 Å². The number of carbonyl (C=O) groups excluding carboxylic acids is 1. The summed E-state index contributed by atoms with van der Waals surface area (Å²) in [4.78, 5) is 11.1. The topological polar surface area (TPSA) is 38.3 Å². The molecule has 0 spiro atoms. The van der Waals surface area contributed by atoms with Crippen LogP contribution in [0.5, 0.6) is 0 Å². The van der Waals surface area contributed by atoms with Gasteiger partial charge in [0.15, 0.2) is 0 Å². The molecule has 15 heavy (non-hydrogen) atoms. The molecule has 0 atom stereocenters. The predicted octanol–water partition coefficient (Wildman–Crippen LogP) is 1.48. The molecule has 0 radical (unpaired) electrons. The Morgan fingerprint density at radius 3 is 2.87 bits per heavy atom. The lowest BCUT2D eigenvalue weighted by Gasteiger charge is -2.05. The summed E-state index contributed by atoms with van der Waals surface area (Å²) in [6.07, 6.45) is 0.297. The molecular formula is C11H14FNO2. The lowest BCUT2D eigenvalue weighted by Crippen LogP contribution is -2.15. The fourth-order valence-corrected chi connectivity index (χ4v) is 1.07. The first kappa shape index (κ1) is 11.7. The molecule has 0 heterocycles. The number of carbonyl (C=O) groups is 1. The summed E-state index contributed by atoms with van der Waals surface area (Å²) >= 11 is 0. The quantitative estimate of drug-likeness (QED) is 0.750. The van der Waals surface area contributed by atoms with E-state index in [-0.39, 0.29) is 18.4 Å². The average Bonchev–Trinajstić information content (AvgIpc) is 2.25. The number of nitrogens with one attached hydrogen (secondary N) is 1. The molecule has 1 N–H and O–H groups in total. The minimum atomic E-state index is -0.348. The zero-order chi connectivity index (χ0) is 11.1. The fraction of sp³-hybridized carbons (Fsp3) is 0.364. The molecule has 0 aliphatic rings. The van der Waals surface area contributed by atoms with Gasteiger partial charge in [-0.05, 0) is 13.1 Å². The van der Waals surface area contributed by atoms with Crippen molar-refractivity contribution in [1.29, 1.82) is 0 Å². The van der Waals surface area contributed by atoms with Crippen molar-refractivity contribution in [2.45, 2.75) is 13.0 Å². The van der Waals surface area contributed by atoms with Gasteiger partial charge in [-0.2, -0.15) is 0 Å². The summed E-state index contributed by atoms with van der Waals surface area (Å²) in [5.74, 6) is -0.675. The van der Waals surface area contributed by atoms with Gasteiger partial charge in [-0.1, -0.05) is 18.2 Å². The van der Waals surface area contributed by atoms with Crippen LogP contribution in [-0.4, -0.2) is 19.6 Å². The van der Waals surface area contributed by atoms with Gasteiger partial charge in [0, 0.05) is 12.1 Å². The van der Waals surface area contributed by atoms with Gasteiger partial charge >= 0.3 is 5.97 Å². The van der Waals surface area contributed by atoms with Crippen molar-refractivity contribution in [2.75, 3.05) is 13.6 Å². The van der Waals surface area contributed by atoms with E-state index in [0.29, 0.717) is 18.5 Å².